The Morgan fingerprint density at radius 2 is 1.76 bits per heavy atom. The monoisotopic (exact) mass is 243 g/mol. The first kappa shape index (κ1) is 14.9. The molecule has 0 amide bonds. The molecule has 1 aliphatic heterocycles. The van der Waals surface area contributed by atoms with Gasteiger partial charge in [0.05, 0.1) is 0 Å². The summed E-state index contributed by atoms with van der Waals surface area (Å²) in [6.45, 7) is 10.9. The zero-order valence-corrected chi connectivity index (χ0v) is 12.2. The van der Waals surface area contributed by atoms with Crippen LogP contribution in [0.3, 0.4) is 0 Å². The van der Waals surface area contributed by atoms with Crippen molar-refractivity contribution in [1.82, 2.24) is 10.4 Å². The van der Waals surface area contributed by atoms with Crippen molar-refractivity contribution in [3.63, 3.8) is 0 Å². The van der Waals surface area contributed by atoms with Crippen LogP contribution in [0, 0.1) is 0 Å². The average Bonchev–Trinajstić information content (AvgIpc) is 2.21. The molecule has 17 heavy (non-hydrogen) atoms. The molecule has 1 atom stereocenters. The van der Waals surface area contributed by atoms with E-state index in [-0.39, 0.29) is 17.3 Å². The van der Waals surface area contributed by atoms with Gasteiger partial charge >= 0.3 is 0 Å². The van der Waals surface area contributed by atoms with Crippen LogP contribution in [0.5, 0.6) is 0 Å². The van der Waals surface area contributed by atoms with Crippen LogP contribution in [-0.2, 0) is 4.84 Å². The number of hydrogen-bond acceptors (Lipinski definition) is 4. The van der Waals surface area contributed by atoms with Crippen LogP contribution in [0.15, 0.2) is 0 Å². The lowest BCUT2D eigenvalue weighted by atomic mass is 9.79. The van der Waals surface area contributed by atoms with Gasteiger partial charge in [0, 0.05) is 17.1 Å². The fourth-order valence-electron chi connectivity index (χ4n) is 2.96. The SMILES string of the molecule is CCC(N)ON1C(C)(C)CC(NC)CC1(C)C. The first-order valence-electron chi connectivity index (χ1n) is 6.63. The maximum Gasteiger partial charge on any atom is 0.127 e. The standard InChI is InChI=1S/C13H29N3O/c1-7-11(14)17-16-12(2,3)8-10(15-6)9-13(16,4)5/h10-11,15H,7-9,14H2,1-6H3. The van der Waals surface area contributed by atoms with Gasteiger partial charge in [-0.05, 0) is 54.0 Å². The molecule has 0 saturated carbocycles. The second kappa shape index (κ2) is 5.22. The molecule has 1 rings (SSSR count). The lowest BCUT2D eigenvalue weighted by molar-refractivity contribution is -0.306. The van der Waals surface area contributed by atoms with Crippen LogP contribution in [0.1, 0.15) is 53.9 Å². The Labute approximate surface area is 106 Å². The molecule has 1 saturated heterocycles. The van der Waals surface area contributed by atoms with Crippen molar-refractivity contribution in [3.05, 3.63) is 0 Å². The van der Waals surface area contributed by atoms with Crippen LogP contribution >= 0.6 is 0 Å². The van der Waals surface area contributed by atoms with Gasteiger partial charge in [-0.2, -0.15) is 5.06 Å². The van der Waals surface area contributed by atoms with Crippen molar-refractivity contribution < 1.29 is 4.84 Å². The van der Waals surface area contributed by atoms with E-state index in [1.165, 1.54) is 0 Å². The zero-order chi connectivity index (χ0) is 13.3. The van der Waals surface area contributed by atoms with Crippen LogP contribution < -0.4 is 11.1 Å². The summed E-state index contributed by atoms with van der Waals surface area (Å²) in [5, 5.41) is 5.50. The number of nitrogens with zero attached hydrogens (tertiary/aromatic N) is 1. The van der Waals surface area contributed by atoms with Gasteiger partial charge in [-0.15, -0.1) is 0 Å². The minimum Gasteiger partial charge on any atom is -0.317 e. The van der Waals surface area contributed by atoms with E-state index < -0.39 is 0 Å². The molecule has 4 heteroatoms. The predicted molar refractivity (Wildman–Crippen MR) is 71.4 cm³/mol. The lowest BCUT2D eigenvalue weighted by Gasteiger charge is -2.54. The maximum absolute atomic E-state index is 5.95. The smallest absolute Gasteiger partial charge is 0.127 e. The molecular weight excluding hydrogens is 214 g/mol. The molecule has 0 aromatic rings. The zero-order valence-electron chi connectivity index (χ0n) is 12.2. The van der Waals surface area contributed by atoms with Gasteiger partial charge < -0.3 is 11.1 Å². The summed E-state index contributed by atoms with van der Waals surface area (Å²) >= 11 is 0. The molecule has 1 unspecified atom stereocenters. The normalized spacial score (nSPS) is 27.0. The van der Waals surface area contributed by atoms with E-state index in [9.17, 15) is 0 Å². The largest absolute Gasteiger partial charge is 0.317 e. The third-order valence-electron chi connectivity index (χ3n) is 3.64. The highest BCUT2D eigenvalue weighted by Gasteiger charge is 2.46. The van der Waals surface area contributed by atoms with Gasteiger partial charge in [-0.1, -0.05) is 6.92 Å². The third-order valence-corrected chi connectivity index (χ3v) is 3.64. The summed E-state index contributed by atoms with van der Waals surface area (Å²) in [7, 11) is 2.03. The van der Waals surface area contributed by atoms with Crippen LogP contribution in [0.25, 0.3) is 0 Å². The van der Waals surface area contributed by atoms with Crippen molar-refractivity contribution in [2.45, 2.75) is 77.2 Å². The molecule has 0 radical (unpaired) electrons. The van der Waals surface area contributed by atoms with Crippen molar-refractivity contribution in [1.29, 1.82) is 0 Å². The van der Waals surface area contributed by atoms with Gasteiger partial charge in [0.25, 0.3) is 0 Å². The van der Waals surface area contributed by atoms with E-state index in [0.29, 0.717) is 6.04 Å². The van der Waals surface area contributed by atoms with Crippen molar-refractivity contribution in [2.75, 3.05) is 7.05 Å². The minimum absolute atomic E-state index is 0.00220. The minimum atomic E-state index is -0.209. The Bertz CT molecular complexity index is 235. The Morgan fingerprint density at radius 3 is 2.12 bits per heavy atom. The van der Waals surface area contributed by atoms with E-state index in [2.05, 4.69) is 38.1 Å². The Balaban J connectivity index is 2.85. The summed E-state index contributed by atoms with van der Waals surface area (Å²) in [5.74, 6) is 0. The number of hydroxylamine groups is 2. The van der Waals surface area contributed by atoms with Gasteiger partial charge in [-0.3, -0.25) is 4.84 Å². The molecule has 1 heterocycles. The second-order valence-corrected chi connectivity index (χ2v) is 6.37. The fraction of sp³-hybridized carbons (Fsp3) is 1.00. The molecule has 1 aliphatic rings. The highest BCUT2D eigenvalue weighted by Crippen LogP contribution is 2.38. The molecule has 0 spiro atoms. The van der Waals surface area contributed by atoms with Crippen molar-refractivity contribution in [2.24, 2.45) is 5.73 Å². The maximum atomic E-state index is 5.95. The van der Waals surface area contributed by atoms with Crippen molar-refractivity contribution >= 4 is 0 Å². The Morgan fingerprint density at radius 1 is 1.29 bits per heavy atom. The molecule has 0 aliphatic carbocycles. The van der Waals surface area contributed by atoms with Gasteiger partial charge in [0.15, 0.2) is 0 Å². The van der Waals surface area contributed by atoms with Gasteiger partial charge in [-0.25, -0.2) is 0 Å². The average molecular weight is 243 g/mol. The molecule has 0 aromatic carbocycles. The highest BCUT2D eigenvalue weighted by molar-refractivity contribution is 4.98. The summed E-state index contributed by atoms with van der Waals surface area (Å²) in [5.41, 5.74) is 5.94. The molecule has 102 valence electrons. The number of rotatable bonds is 4. The summed E-state index contributed by atoms with van der Waals surface area (Å²) < 4.78 is 0. The van der Waals surface area contributed by atoms with Crippen LogP contribution in [-0.4, -0.2) is 35.5 Å². The first-order valence-corrected chi connectivity index (χ1v) is 6.63. The van der Waals surface area contributed by atoms with E-state index in [1.54, 1.807) is 0 Å². The molecule has 1 fully saturated rings. The van der Waals surface area contributed by atoms with E-state index in [4.69, 9.17) is 10.6 Å². The van der Waals surface area contributed by atoms with Gasteiger partial charge in [0.1, 0.15) is 6.23 Å². The number of nitrogens with one attached hydrogen (secondary N) is 1. The number of nitrogens with two attached hydrogens (primary N) is 1. The first-order chi connectivity index (χ1) is 7.73. The molecule has 0 aromatic heterocycles. The second-order valence-electron chi connectivity index (χ2n) is 6.37. The topological polar surface area (TPSA) is 50.5 Å². The lowest BCUT2D eigenvalue weighted by Crippen LogP contribution is -2.64. The Kier molecular flexibility index (Phi) is 4.58. The number of piperidine rings is 1. The summed E-state index contributed by atoms with van der Waals surface area (Å²) in [4.78, 5) is 5.95. The third kappa shape index (κ3) is 3.41. The van der Waals surface area contributed by atoms with E-state index >= 15 is 0 Å². The van der Waals surface area contributed by atoms with Crippen LogP contribution in [0.2, 0.25) is 0 Å². The molecular formula is C13H29N3O. The highest BCUT2D eigenvalue weighted by atomic mass is 16.7. The molecule has 4 nitrogen and oxygen atoms in total. The number of hydrogen-bond donors (Lipinski definition) is 2. The summed E-state index contributed by atoms with van der Waals surface area (Å²) in [6.07, 6.45) is 2.77. The van der Waals surface area contributed by atoms with Crippen LogP contribution in [0.4, 0.5) is 0 Å². The van der Waals surface area contributed by atoms with E-state index in [0.717, 1.165) is 19.3 Å². The molecule has 0 bridgehead atoms. The Hall–Kier alpha value is -0.160. The van der Waals surface area contributed by atoms with Gasteiger partial charge in [0.2, 0.25) is 0 Å². The molecule has 3 N–H and O–H groups in total. The summed E-state index contributed by atoms with van der Waals surface area (Å²) in [6, 6.07) is 0.540. The quantitative estimate of drug-likeness (QED) is 0.740. The predicted octanol–water partition coefficient (Wildman–Crippen LogP) is 1.85. The van der Waals surface area contributed by atoms with Crippen molar-refractivity contribution in [3.8, 4) is 0 Å². The fourth-order valence-corrected chi connectivity index (χ4v) is 2.96. The van der Waals surface area contributed by atoms with E-state index in [1.807, 2.05) is 14.0 Å².